The molecule has 1 atom stereocenters. The Labute approximate surface area is 183 Å². The lowest BCUT2D eigenvalue weighted by Gasteiger charge is -2.17. The van der Waals surface area contributed by atoms with Crippen molar-refractivity contribution in [2.75, 3.05) is 16.8 Å². The molecule has 0 spiro atoms. The lowest BCUT2D eigenvalue weighted by molar-refractivity contribution is -0.122. The zero-order chi connectivity index (χ0) is 22.0. The number of aromatic nitrogens is 2. The first-order valence-electron chi connectivity index (χ1n) is 9.60. The average Bonchev–Trinajstić information content (AvgIpc) is 3.34. The van der Waals surface area contributed by atoms with Gasteiger partial charge in [-0.15, -0.1) is 10.2 Å². The Morgan fingerprint density at radius 1 is 1.16 bits per heavy atom. The van der Waals surface area contributed by atoms with Gasteiger partial charge in [0.05, 0.1) is 10.8 Å². The largest absolute Gasteiger partial charge is 0.312 e. The van der Waals surface area contributed by atoms with Crippen molar-refractivity contribution in [1.29, 1.82) is 0 Å². The van der Waals surface area contributed by atoms with Gasteiger partial charge in [-0.25, -0.2) is 8.42 Å². The Balaban J connectivity index is 1.40. The molecule has 160 valence electrons. The summed E-state index contributed by atoms with van der Waals surface area (Å²) in [6, 6.07) is 15.7. The van der Waals surface area contributed by atoms with Crippen molar-refractivity contribution in [2.45, 2.75) is 24.0 Å². The fourth-order valence-electron chi connectivity index (χ4n) is 3.37. The van der Waals surface area contributed by atoms with Crippen LogP contribution in [0, 0.1) is 12.8 Å². The zero-order valence-corrected chi connectivity index (χ0v) is 18.3. The van der Waals surface area contributed by atoms with E-state index in [0.717, 1.165) is 22.6 Å². The molecule has 2 aromatic carbocycles. The molecule has 2 amide bonds. The second-order valence-corrected chi connectivity index (χ2v) is 10.4. The minimum Gasteiger partial charge on any atom is -0.312 e. The summed E-state index contributed by atoms with van der Waals surface area (Å²) in [5.74, 6) is -1.27. The molecule has 0 radical (unpaired) electrons. The van der Waals surface area contributed by atoms with Crippen LogP contribution in [0.25, 0.3) is 0 Å². The van der Waals surface area contributed by atoms with Gasteiger partial charge in [-0.2, -0.15) is 0 Å². The van der Waals surface area contributed by atoms with Crippen LogP contribution in [0.15, 0.2) is 59.5 Å². The van der Waals surface area contributed by atoms with Crippen LogP contribution in [0.2, 0.25) is 0 Å². The van der Waals surface area contributed by atoms with Gasteiger partial charge in [0.1, 0.15) is 10.8 Å². The highest BCUT2D eigenvalue weighted by Crippen LogP contribution is 2.27. The first kappa shape index (κ1) is 21.1. The van der Waals surface area contributed by atoms with Gasteiger partial charge in [0, 0.05) is 18.7 Å². The number of anilines is 2. The molecule has 1 aliphatic rings. The van der Waals surface area contributed by atoms with E-state index in [9.17, 15) is 18.0 Å². The number of hydrogen-bond donors (Lipinski definition) is 1. The molecule has 0 bridgehead atoms. The summed E-state index contributed by atoms with van der Waals surface area (Å²) in [5.41, 5.74) is 1.80. The summed E-state index contributed by atoms with van der Waals surface area (Å²) in [4.78, 5) is 26.9. The maximum absolute atomic E-state index is 12.7. The maximum atomic E-state index is 12.7. The monoisotopic (exact) mass is 456 g/mol. The van der Waals surface area contributed by atoms with Crippen molar-refractivity contribution < 1.29 is 18.0 Å². The summed E-state index contributed by atoms with van der Waals surface area (Å²) in [5, 5.41) is 10.9. The van der Waals surface area contributed by atoms with Gasteiger partial charge in [-0.05, 0) is 36.8 Å². The molecule has 3 aromatic rings. The van der Waals surface area contributed by atoms with Crippen molar-refractivity contribution in [2.24, 2.45) is 5.92 Å². The molecule has 1 fully saturated rings. The number of benzene rings is 2. The molecule has 1 aromatic heterocycles. The van der Waals surface area contributed by atoms with Crippen LogP contribution in [-0.4, -0.2) is 37.0 Å². The Hall–Kier alpha value is -3.11. The highest BCUT2D eigenvalue weighted by molar-refractivity contribution is 7.90. The summed E-state index contributed by atoms with van der Waals surface area (Å²) in [6.45, 7) is 2.22. The number of aryl methyl sites for hydroxylation is 1. The smallest absolute Gasteiger partial charge is 0.231 e. The fourth-order valence-corrected chi connectivity index (χ4v) is 5.73. The van der Waals surface area contributed by atoms with Crippen molar-refractivity contribution in [3.05, 3.63) is 65.2 Å². The third-order valence-corrected chi connectivity index (χ3v) is 7.59. The molecule has 31 heavy (non-hydrogen) atoms. The van der Waals surface area contributed by atoms with Crippen molar-refractivity contribution in [1.82, 2.24) is 10.2 Å². The molecule has 8 nitrogen and oxygen atoms in total. The minimum atomic E-state index is -3.55. The maximum Gasteiger partial charge on any atom is 0.231 e. The van der Waals surface area contributed by atoms with Crippen LogP contribution in [0.5, 0.6) is 0 Å². The predicted octanol–water partition coefficient (Wildman–Crippen LogP) is 2.81. The number of sulfone groups is 1. The third kappa shape index (κ3) is 4.80. The second-order valence-electron chi connectivity index (χ2n) is 7.31. The molecule has 0 aliphatic carbocycles. The standard InChI is InChI=1S/C21H20N4O4S2/c1-14-6-5-7-16(10-14)25-12-15(11-19(25)26)20(27)22-21-24-23-18(30-21)13-31(28,29)17-8-3-2-4-9-17/h2-10,15H,11-13H2,1H3,(H,22,24,27). The molecule has 4 rings (SSSR count). The van der Waals surface area contributed by atoms with Gasteiger partial charge in [0.15, 0.2) is 9.84 Å². The van der Waals surface area contributed by atoms with Crippen LogP contribution >= 0.6 is 11.3 Å². The molecule has 1 N–H and O–H groups in total. The Kier molecular flexibility index (Phi) is 5.84. The van der Waals surface area contributed by atoms with E-state index < -0.39 is 15.8 Å². The third-order valence-electron chi connectivity index (χ3n) is 4.92. The number of nitrogens with zero attached hydrogens (tertiary/aromatic N) is 3. The molecule has 1 unspecified atom stereocenters. The van der Waals surface area contributed by atoms with E-state index in [1.807, 2.05) is 31.2 Å². The van der Waals surface area contributed by atoms with Crippen LogP contribution in [-0.2, 0) is 25.2 Å². The van der Waals surface area contributed by atoms with Crippen LogP contribution in [0.4, 0.5) is 10.8 Å². The molecular weight excluding hydrogens is 436 g/mol. The van der Waals surface area contributed by atoms with E-state index >= 15 is 0 Å². The lowest BCUT2D eigenvalue weighted by atomic mass is 10.1. The summed E-state index contributed by atoms with van der Waals surface area (Å²) in [6.07, 6.45) is 0.105. The zero-order valence-electron chi connectivity index (χ0n) is 16.7. The topological polar surface area (TPSA) is 109 Å². The van der Waals surface area contributed by atoms with Gasteiger partial charge in [-0.3, -0.25) is 9.59 Å². The van der Waals surface area contributed by atoms with Crippen molar-refractivity contribution in [3.8, 4) is 0 Å². The quantitative estimate of drug-likeness (QED) is 0.611. The number of nitrogens with one attached hydrogen (secondary N) is 1. The Bertz CT molecular complexity index is 1220. The lowest BCUT2D eigenvalue weighted by Crippen LogP contribution is -2.28. The summed E-state index contributed by atoms with van der Waals surface area (Å²) < 4.78 is 25.0. The predicted molar refractivity (Wildman–Crippen MR) is 118 cm³/mol. The minimum absolute atomic E-state index is 0.105. The Morgan fingerprint density at radius 2 is 1.94 bits per heavy atom. The molecule has 2 heterocycles. The van der Waals surface area contributed by atoms with E-state index in [2.05, 4.69) is 15.5 Å². The van der Waals surface area contributed by atoms with E-state index in [4.69, 9.17) is 0 Å². The van der Waals surface area contributed by atoms with E-state index in [0.29, 0.717) is 0 Å². The van der Waals surface area contributed by atoms with Gasteiger partial charge >= 0.3 is 0 Å². The van der Waals surface area contributed by atoms with E-state index in [1.165, 1.54) is 12.1 Å². The van der Waals surface area contributed by atoms with Crippen molar-refractivity contribution in [3.63, 3.8) is 0 Å². The van der Waals surface area contributed by atoms with Crippen LogP contribution in [0.1, 0.15) is 17.0 Å². The number of rotatable bonds is 6. The first-order valence-corrected chi connectivity index (χ1v) is 12.1. The highest BCUT2D eigenvalue weighted by Gasteiger charge is 2.35. The van der Waals surface area contributed by atoms with Gasteiger partial charge in [0.25, 0.3) is 0 Å². The first-order chi connectivity index (χ1) is 14.8. The second kappa shape index (κ2) is 8.56. The van der Waals surface area contributed by atoms with Gasteiger partial charge in [-0.1, -0.05) is 41.7 Å². The number of amides is 2. The SMILES string of the molecule is Cc1cccc(N2CC(C(=O)Nc3nnc(CS(=O)(=O)c4ccccc4)s3)CC2=O)c1. The summed E-state index contributed by atoms with van der Waals surface area (Å²) >= 11 is 1.01. The number of carbonyl (C=O) groups excluding carboxylic acids is 2. The van der Waals surface area contributed by atoms with Gasteiger partial charge < -0.3 is 10.2 Å². The van der Waals surface area contributed by atoms with E-state index in [1.54, 1.807) is 23.1 Å². The normalized spacial score (nSPS) is 16.5. The van der Waals surface area contributed by atoms with Crippen molar-refractivity contribution >= 4 is 43.8 Å². The molecule has 10 heteroatoms. The van der Waals surface area contributed by atoms with Crippen LogP contribution in [0.3, 0.4) is 0 Å². The average molecular weight is 457 g/mol. The molecule has 1 aliphatic heterocycles. The van der Waals surface area contributed by atoms with Gasteiger partial charge in [0.2, 0.25) is 16.9 Å². The molecular formula is C21H20N4O4S2. The van der Waals surface area contributed by atoms with E-state index in [-0.39, 0.29) is 45.6 Å². The highest BCUT2D eigenvalue weighted by atomic mass is 32.2. The Morgan fingerprint density at radius 3 is 2.68 bits per heavy atom. The molecule has 1 saturated heterocycles. The fraction of sp³-hybridized carbons (Fsp3) is 0.238. The van der Waals surface area contributed by atoms with Crippen LogP contribution < -0.4 is 10.2 Å². The summed E-state index contributed by atoms with van der Waals surface area (Å²) in [7, 11) is -3.55. The number of carbonyl (C=O) groups is 2. The number of hydrogen-bond acceptors (Lipinski definition) is 7. The molecule has 0 saturated carbocycles.